The van der Waals surface area contributed by atoms with E-state index in [1.807, 2.05) is 24.3 Å². The fourth-order valence-corrected chi connectivity index (χ4v) is 4.63. The Hall–Kier alpha value is -2.42. The van der Waals surface area contributed by atoms with Crippen LogP contribution in [0.4, 0.5) is 0 Å². The molecule has 1 saturated heterocycles. The van der Waals surface area contributed by atoms with Crippen LogP contribution in [-0.4, -0.2) is 55.9 Å². The van der Waals surface area contributed by atoms with Crippen molar-refractivity contribution in [1.29, 1.82) is 0 Å². The molecule has 2 aromatic carbocycles. The van der Waals surface area contributed by atoms with Gasteiger partial charge in [-0.05, 0) is 36.4 Å². The van der Waals surface area contributed by atoms with Crippen molar-refractivity contribution >= 4 is 21.1 Å². The van der Waals surface area contributed by atoms with Crippen LogP contribution >= 0.6 is 0 Å². The summed E-state index contributed by atoms with van der Waals surface area (Å²) >= 11 is 0. The summed E-state index contributed by atoms with van der Waals surface area (Å²) in [5, 5.41) is 0. The zero-order chi connectivity index (χ0) is 18.9. The van der Waals surface area contributed by atoms with Gasteiger partial charge in [-0.1, -0.05) is 12.1 Å². The fraction of sp³-hybridized carbons (Fsp3) is 0.316. The third-order valence-electron chi connectivity index (χ3n) is 4.73. The number of piperazine rings is 1. The molecular formula is C19H21N3O4S. The van der Waals surface area contributed by atoms with Crippen LogP contribution in [0.25, 0.3) is 11.1 Å². The van der Waals surface area contributed by atoms with Crippen molar-refractivity contribution in [2.75, 3.05) is 33.3 Å². The number of hydrogen-bond acceptors (Lipinski definition) is 6. The van der Waals surface area contributed by atoms with Crippen molar-refractivity contribution in [3.05, 3.63) is 54.4 Å². The van der Waals surface area contributed by atoms with Crippen LogP contribution in [-0.2, 0) is 16.6 Å². The molecule has 0 amide bonds. The smallest absolute Gasteiger partial charge is 0.243 e. The Labute approximate surface area is 158 Å². The summed E-state index contributed by atoms with van der Waals surface area (Å²) in [4.78, 5) is 6.93. The first-order valence-corrected chi connectivity index (χ1v) is 10.2. The Balaban J connectivity index is 1.40. The molecule has 0 aliphatic carbocycles. The summed E-state index contributed by atoms with van der Waals surface area (Å²) in [5.41, 5.74) is 1.61. The minimum Gasteiger partial charge on any atom is -0.497 e. The van der Waals surface area contributed by atoms with E-state index >= 15 is 0 Å². The monoisotopic (exact) mass is 387 g/mol. The molecular weight excluding hydrogens is 366 g/mol. The van der Waals surface area contributed by atoms with Crippen molar-refractivity contribution in [3.8, 4) is 5.75 Å². The van der Waals surface area contributed by atoms with E-state index in [1.54, 1.807) is 31.4 Å². The number of methoxy groups -OCH3 is 1. The molecule has 0 bridgehead atoms. The number of aromatic nitrogens is 1. The van der Waals surface area contributed by atoms with Gasteiger partial charge in [0.15, 0.2) is 5.58 Å². The molecule has 1 aliphatic rings. The molecule has 8 heteroatoms. The van der Waals surface area contributed by atoms with Gasteiger partial charge in [0, 0.05) is 26.2 Å². The van der Waals surface area contributed by atoms with E-state index in [4.69, 9.17) is 9.15 Å². The fourth-order valence-electron chi connectivity index (χ4n) is 3.20. The minimum absolute atomic E-state index is 0.288. The molecule has 27 heavy (non-hydrogen) atoms. The third kappa shape index (κ3) is 3.69. The zero-order valence-corrected chi connectivity index (χ0v) is 15.9. The van der Waals surface area contributed by atoms with Crippen molar-refractivity contribution in [3.63, 3.8) is 0 Å². The molecule has 0 saturated carbocycles. The summed E-state index contributed by atoms with van der Waals surface area (Å²) in [6.45, 7) is 2.72. The lowest BCUT2D eigenvalue weighted by atomic mass is 10.3. The molecule has 2 heterocycles. The Bertz CT molecular complexity index is 990. The molecule has 1 aromatic heterocycles. The lowest BCUT2D eigenvalue weighted by Gasteiger charge is -2.33. The van der Waals surface area contributed by atoms with Gasteiger partial charge in [0.2, 0.25) is 15.9 Å². The summed E-state index contributed by atoms with van der Waals surface area (Å²) in [6.07, 6.45) is 0. The van der Waals surface area contributed by atoms with Crippen LogP contribution in [0.2, 0.25) is 0 Å². The summed E-state index contributed by atoms with van der Waals surface area (Å²) in [7, 11) is -1.94. The molecule has 0 spiro atoms. The van der Waals surface area contributed by atoms with Gasteiger partial charge in [-0.2, -0.15) is 4.31 Å². The van der Waals surface area contributed by atoms with Crippen LogP contribution in [0, 0.1) is 0 Å². The van der Waals surface area contributed by atoms with Crippen molar-refractivity contribution in [1.82, 2.24) is 14.2 Å². The summed E-state index contributed by atoms with van der Waals surface area (Å²) in [6, 6.07) is 14.1. The van der Waals surface area contributed by atoms with Crippen molar-refractivity contribution < 1.29 is 17.6 Å². The molecule has 142 valence electrons. The van der Waals surface area contributed by atoms with E-state index in [-0.39, 0.29) is 4.90 Å². The molecule has 1 aliphatic heterocycles. The molecule has 0 unspecified atom stereocenters. The number of sulfonamides is 1. The quantitative estimate of drug-likeness (QED) is 0.669. The second-order valence-corrected chi connectivity index (χ2v) is 8.37. The Morgan fingerprint density at radius 3 is 2.41 bits per heavy atom. The Morgan fingerprint density at radius 2 is 1.74 bits per heavy atom. The average Bonchev–Trinajstić information content (AvgIpc) is 3.10. The molecule has 1 fully saturated rings. The standard InChI is InChI=1S/C19H21N3O4S/c1-25-15-6-8-16(9-7-15)27(23,24)22-12-10-21(11-13-22)14-19-20-17-4-2-3-5-18(17)26-19/h2-9H,10-14H2,1H3. The highest BCUT2D eigenvalue weighted by Gasteiger charge is 2.29. The average molecular weight is 387 g/mol. The van der Waals surface area contributed by atoms with Crippen LogP contribution < -0.4 is 4.74 Å². The number of rotatable bonds is 5. The SMILES string of the molecule is COc1ccc(S(=O)(=O)N2CCN(Cc3nc4ccccc4o3)CC2)cc1. The van der Waals surface area contributed by atoms with E-state index in [9.17, 15) is 8.42 Å². The van der Waals surface area contributed by atoms with Gasteiger partial charge in [0.05, 0.1) is 18.6 Å². The van der Waals surface area contributed by atoms with Gasteiger partial charge in [-0.15, -0.1) is 0 Å². The highest BCUT2D eigenvalue weighted by atomic mass is 32.2. The first-order valence-electron chi connectivity index (χ1n) is 8.77. The maximum Gasteiger partial charge on any atom is 0.243 e. The van der Waals surface area contributed by atoms with Crippen molar-refractivity contribution in [2.45, 2.75) is 11.4 Å². The minimum atomic E-state index is -3.49. The predicted molar refractivity (Wildman–Crippen MR) is 101 cm³/mol. The first-order chi connectivity index (χ1) is 13.1. The van der Waals surface area contributed by atoms with Gasteiger partial charge in [-0.25, -0.2) is 13.4 Å². The summed E-state index contributed by atoms with van der Waals surface area (Å²) in [5.74, 6) is 1.29. The number of fused-ring (bicyclic) bond motifs is 1. The number of para-hydroxylation sites is 2. The maximum absolute atomic E-state index is 12.8. The number of nitrogens with zero attached hydrogens (tertiary/aromatic N) is 3. The van der Waals surface area contributed by atoms with Gasteiger partial charge >= 0.3 is 0 Å². The zero-order valence-electron chi connectivity index (χ0n) is 15.0. The van der Waals surface area contributed by atoms with E-state index in [2.05, 4.69) is 9.88 Å². The molecule has 4 rings (SSSR count). The lowest BCUT2D eigenvalue weighted by molar-refractivity contribution is 0.169. The largest absolute Gasteiger partial charge is 0.497 e. The predicted octanol–water partition coefficient (Wildman–Crippen LogP) is 2.34. The van der Waals surface area contributed by atoms with E-state index in [0.29, 0.717) is 44.4 Å². The van der Waals surface area contributed by atoms with Crippen LogP contribution in [0.1, 0.15) is 5.89 Å². The van der Waals surface area contributed by atoms with Crippen LogP contribution in [0.15, 0.2) is 57.8 Å². The molecule has 0 radical (unpaired) electrons. The lowest BCUT2D eigenvalue weighted by Crippen LogP contribution is -2.48. The Kier molecular flexibility index (Phi) is 4.86. The number of oxazole rings is 1. The highest BCUT2D eigenvalue weighted by Crippen LogP contribution is 2.22. The number of benzene rings is 2. The topological polar surface area (TPSA) is 75.9 Å². The first kappa shape index (κ1) is 18.0. The molecule has 7 nitrogen and oxygen atoms in total. The molecule has 3 aromatic rings. The Morgan fingerprint density at radius 1 is 1.04 bits per heavy atom. The number of ether oxygens (including phenoxy) is 1. The van der Waals surface area contributed by atoms with Gasteiger partial charge < -0.3 is 9.15 Å². The van der Waals surface area contributed by atoms with E-state index in [1.165, 1.54) is 4.31 Å². The third-order valence-corrected chi connectivity index (χ3v) is 6.64. The van der Waals surface area contributed by atoms with Crippen molar-refractivity contribution in [2.24, 2.45) is 0 Å². The molecule has 0 atom stereocenters. The normalized spacial score (nSPS) is 16.6. The maximum atomic E-state index is 12.8. The second-order valence-electron chi connectivity index (χ2n) is 6.43. The second kappa shape index (κ2) is 7.30. The highest BCUT2D eigenvalue weighted by molar-refractivity contribution is 7.89. The van der Waals surface area contributed by atoms with E-state index < -0.39 is 10.0 Å². The summed E-state index contributed by atoms with van der Waals surface area (Å²) < 4.78 is 38.0. The van der Waals surface area contributed by atoms with Crippen LogP contribution in [0.5, 0.6) is 5.75 Å². The van der Waals surface area contributed by atoms with Gasteiger partial charge in [0.1, 0.15) is 11.3 Å². The molecule has 0 N–H and O–H groups in total. The van der Waals surface area contributed by atoms with Gasteiger partial charge in [0.25, 0.3) is 0 Å². The van der Waals surface area contributed by atoms with Gasteiger partial charge in [-0.3, -0.25) is 4.90 Å². The number of hydrogen-bond donors (Lipinski definition) is 0. The van der Waals surface area contributed by atoms with E-state index in [0.717, 1.165) is 11.1 Å². The van der Waals surface area contributed by atoms with Crippen LogP contribution in [0.3, 0.4) is 0 Å².